The Balaban J connectivity index is 1.65. The molecule has 0 spiro atoms. The molecule has 0 aromatic heterocycles. The Morgan fingerprint density at radius 2 is 2.00 bits per heavy atom. The van der Waals surface area contributed by atoms with Crippen molar-refractivity contribution in [3.05, 3.63) is 35.4 Å². The maximum atomic E-state index is 12.7. The van der Waals surface area contributed by atoms with Gasteiger partial charge in [0.25, 0.3) is 0 Å². The quantitative estimate of drug-likeness (QED) is 0.865. The molecule has 7 heteroatoms. The number of aliphatic carboxylic acids is 1. The Hall–Kier alpha value is -2.41. The van der Waals surface area contributed by atoms with Crippen molar-refractivity contribution in [2.75, 3.05) is 26.3 Å². The molecule has 2 saturated heterocycles. The summed E-state index contributed by atoms with van der Waals surface area (Å²) in [5.41, 5.74) is 2.17. The van der Waals surface area contributed by atoms with Gasteiger partial charge in [0.05, 0.1) is 19.1 Å². The number of rotatable bonds is 4. The molecule has 2 aliphatic rings. The number of benzene rings is 1. The molecule has 0 bridgehead atoms. The predicted octanol–water partition coefficient (Wildman–Crippen LogP) is 0.656. The Bertz CT molecular complexity index is 673. The smallest absolute Gasteiger partial charge is 0.328 e. The third-order valence-corrected chi connectivity index (χ3v) is 4.75. The van der Waals surface area contributed by atoms with Crippen LogP contribution in [0, 0.1) is 12.8 Å². The van der Waals surface area contributed by atoms with Gasteiger partial charge in [-0.25, -0.2) is 4.79 Å². The fourth-order valence-electron chi connectivity index (χ4n) is 3.31. The topological polar surface area (TPSA) is 87.2 Å². The summed E-state index contributed by atoms with van der Waals surface area (Å²) in [5.74, 6) is -1.90. The number of likely N-dealkylation sites (tertiary alicyclic amines) is 1. The van der Waals surface area contributed by atoms with Crippen LogP contribution < -0.4 is 0 Å². The molecule has 0 aliphatic carbocycles. The van der Waals surface area contributed by atoms with Gasteiger partial charge in [0.1, 0.15) is 0 Å². The van der Waals surface area contributed by atoms with Gasteiger partial charge in [0.2, 0.25) is 11.8 Å². The van der Waals surface area contributed by atoms with Gasteiger partial charge in [-0.2, -0.15) is 0 Å². The summed E-state index contributed by atoms with van der Waals surface area (Å²) in [7, 11) is 0. The molecule has 2 amide bonds. The van der Waals surface area contributed by atoms with Crippen molar-refractivity contribution in [1.82, 2.24) is 9.80 Å². The first kappa shape index (κ1) is 17.4. The molecule has 1 aromatic rings. The molecule has 7 nitrogen and oxygen atoms in total. The van der Waals surface area contributed by atoms with E-state index in [0.717, 1.165) is 11.1 Å². The highest BCUT2D eigenvalue weighted by Crippen LogP contribution is 2.24. The van der Waals surface area contributed by atoms with Crippen molar-refractivity contribution < 1.29 is 24.2 Å². The summed E-state index contributed by atoms with van der Waals surface area (Å²) in [4.78, 5) is 39.4. The zero-order chi connectivity index (χ0) is 18.0. The number of ether oxygens (including phenoxy) is 1. The number of hydrogen-bond donors (Lipinski definition) is 1. The first-order chi connectivity index (χ1) is 12.0. The Labute approximate surface area is 146 Å². The van der Waals surface area contributed by atoms with Crippen LogP contribution in [0.2, 0.25) is 0 Å². The SMILES string of the molecule is Cc1ccc(CN2C[C@H](C(=O)N3CCOC[C@H]3C(=O)O)CC2=O)cc1. The normalized spacial score (nSPS) is 23.8. The molecular formula is C18H22N2O5. The minimum absolute atomic E-state index is 0.00514. The Morgan fingerprint density at radius 3 is 2.68 bits per heavy atom. The summed E-state index contributed by atoms with van der Waals surface area (Å²) >= 11 is 0. The zero-order valence-electron chi connectivity index (χ0n) is 14.2. The van der Waals surface area contributed by atoms with Gasteiger partial charge in [0, 0.05) is 26.1 Å². The fourth-order valence-corrected chi connectivity index (χ4v) is 3.31. The number of carboxylic acids is 1. The van der Waals surface area contributed by atoms with Gasteiger partial charge in [-0.05, 0) is 12.5 Å². The largest absolute Gasteiger partial charge is 0.480 e. The van der Waals surface area contributed by atoms with Crippen molar-refractivity contribution in [3.8, 4) is 0 Å². The number of carbonyl (C=O) groups is 3. The van der Waals surface area contributed by atoms with Crippen LogP contribution in [0.4, 0.5) is 0 Å². The summed E-state index contributed by atoms with van der Waals surface area (Å²) in [6.07, 6.45) is 0.133. The number of aryl methyl sites for hydroxylation is 1. The van der Waals surface area contributed by atoms with E-state index in [1.54, 1.807) is 4.90 Å². The van der Waals surface area contributed by atoms with Gasteiger partial charge in [0.15, 0.2) is 6.04 Å². The van der Waals surface area contributed by atoms with E-state index < -0.39 is 17.9 Å². The van der Waals surface area contributed by atoms with Gasteiger partial charge >= 0.3 is 5.97 Å². The highest BCUT2D eigenvalue weighted by Gasteiger charge is 2.41. The molecule has 1 N–H and O–H groups in total. The summed E-state index contributed by atoms with van der Waals surface area (Å²) in [5, 5.41) is 9.27. The van der Waals surface area contributed by atoms with Gasteiger partial charge < -0.3 is 19.6 Å². The third-order valence-electron chi connectivity index (χ3n) is 4.75. The molecule has 1 aromatic carbocycles. The lowest BCUT2D eigenvalue weighted by Crippen LogP contribution is -2.54. The number of morpholine rings is 1. The Morgan fingerprint density at radius 1 is 1.28 bits per heavy atom. The van der Waals surface area contributed by atoms with E-state index in [9.17, 15) is 19.5 Å². The van der Waals surface area contributed by atoms with E-state index in [1.165, 1.54) is 4.90 Å². The van der Waals surface area contributed by atoms with Crippen molar-refractivity contribution >= 4 is 17.8 Å². The van der Waals surface area contributed by atoms with Crippen molar-refractivity contribution in [2.45, 2.75) is 25.9 Å². The Kier molecular flexibility index (Phi) is 5.03. The van der Waals surface area contributed by atoms with Crippen molar-refractivity contribution in [1.29, 1.82) is 0 Å². The van der Waals surface area contributed by atoms with E-state index in [1.807, 2.05) is 31.2 Å². The maximum absolute atomic E-state index is 12.7. The van der Waals surface area contributed by atoms with Gasteiger partial charge in [-0.3, -0.25) is 9.59 Å². The predicted molar refractivity (Wildman–Crippen MR) is 88.7 cm³/mol. The standard InChI is InChI=1S/C18H22N2O5/c1-12-2-4-13(5-3-12)9-19-10-14(8-16(19)21)17(22)20-6-7-25-11-15(20)18(23)24/h2-5,14-15H,6-11H2,1H3,(H,23,24)/t14-,15+/m1/s1. The minimum atomic E-state index is -1.08. The molecule has 134 valence electrons. The second kappa shape index (κ2) is 7.23. The average molecular weight is 346 g/mol. The van der Waals surface area contributed by atoms with Crippen LogP contribution in [-0.2, 0) is 25.7 Å². The molecule has 2 aliphatic heterocycles. The highest BCUT2D eigenvalue weighted by atomic mass is 16.5. The molecule has 0 saturated carbocycles. The average Bonchev–Trinajstić information content (AvgIpc) is 2.97. The third kappa shape index (κ3) is 3.82. The number of amides is 2. The lowest BCUT2D eigenvalue weighted by Gasteiger charge is -2.34. The van der Waals surface area contributed by atoms with E-state index in [2.05, 4.69) is 0 Å². The van der Waals surface area contributed by atoms with E-state index >= 15 is 0 Å². The van der Waals surface area contributed by atoms with Crippen molar-refractivity contribution in [2.24, 2.45) is 5.92 Å². The molecule has 2 atom stereocenters. The molecule has 3 rings (SSSR count). The lowest BCUT2D eigenvalue weighted by molar-refractivity contribution is -0.160. The van der Waals surface area contributed by atoms with Crippen molar-refractivity contribution in [3.63, 3.8) is 0 Å². The molecule has 25 heavy (non-hydrogen) atoms. The van der Waals surface area contributed by atoms with Crippen LogP contribution in [0.25, 0.3) is 0 Å². The molecule has 0 radical (unpaired) electrons. The van der Waals surface area contributed by atoms with Gasteiger partial charge in [-0.15, -0.1) is 0 Å². The molecular weight excluding hydrogens is 324 g/mol. The molecule has 2 heterocycles. The van der Waals surface area contributed by atoms with E-state index in [4.69, 9.17) is 4.74 Å². The van der Waals surface area contributed by atoms with E-state index in [0.29, 0.717) is 19.7 Å². The second-order valence-corrected chi connectivity index (χ2v) is 6.62. The first-order valence-corrected chi connectivity index (χ1v) is 8.40. The number of nitrogens with zero attached hydrogens (tertiary/aromatic N) is 2. The van der Waals surface area contributed by atoms with Crippen LogP contribution >= 0.6 is 0 Å². The second-order valence-electron chi connectivity index (χ2n) is 6.62. The van der Waals surface area contributed by atoms with E-state index in [-0.39, 0.29) is 31.4 Å². The molecule has 2 fully saturated rings. The lowest BCUT2D eigenvalue weighted by atomic mass is 10.1. The van der Waals surface area contributed by atoms with Crippen LogP contribution in [0.15, 0.2) is 24.3 Å². The van der Waals surface area contributed by atoms with Gasteiger partial charge in [-0.1, -0.05) is 29.8 Å². The zero-order valence-corrected chi connectivity index (χ0v) is 14.2. The number of hydrogen-bond acceptors (Lipinski definition) is 4. The molecule has 0 unspecified atom stereocenters. The minimum Gasteiger partial charge on any atom is -0.480 e. The highest BCUT2D eigenvalue weighted by molar-refractivity contribution is 5.91. The maximum Gasteiger partial charge on any atom is 0.328 e. The summed E-state index contributed by atoms with van der Waals surface area (Å²) in [6.45, 7) is 3.36. The van der Waals surface area contributed by atoms with Crippen LogP contribution in [-0.4, -0.2) is 65.0 Å². The van der Waals surface area contributed by atoms with Crippen LogP contribution in [0.5, 0.6) is 0 Å². The number of carboxylic acid groups (broad SMARTS) is 1. The summed E-state index contributed by atoms with van der Waals surface area (Å²) in [6, 6.07) is 6.95. The monoisotopic (exact) mass is 346 g/mol. The first-order valence-electron chi connectivity index (χ1n) is 8.40. The number of carbonyl (C=O) groups excluding carboxylic acids is 2. The van der Waals surface area contributed by atoms with Crippen LogP contribution in [0.1, 0.15) is 17.5 Å². The summed E-state index contributed by atoms with van der Waals surface area (Å²) < 4.78 is 5.17. The fraction of sp³-hybridized carbons (Fsp3) is 0.500. The van der Waals surface area contributed by atoms with Crippen LogP contribution in [0.3, 0.4) is 0 Å².